The lowest BCUT2D eigenvalue weighted by molar-refractivity contribution is 0.0697. The number of carbonyl (C=O) groups excluding carboxylic acids is 1. The SMILES string of the molecule is Cc1c(C(=O)O)c(NC(=O)c2cccc(Cl)c2)n(Cc2ccccc2)c1C. The van der Waals surface area contributed by atoms with Crippen molar-refractivity contribution in [2.75, 3.05) is 5.32 Å². The summed E-state index contributed by atoms with van der Waals surface area (Å²) in [6.45, 7) is 4.04. The van der Waals surface area contributed by atoms with Crippen molar-refractivity contribution in [3.63, 3.8) is 0 Å². The van der Waals surface area contributed by atoms with Crippen LogP contribution >= 0.6 is 11.6 Å². The number of amides is 1. The minimum Gasteiger partial charge on any atom is -0.478 e. The van der Waals surface area contributed by atoms with Crippen molar-refractivity contribution in [1.82, 2.24) is 4.57 Å². The van der Waals surface area contributed by atoms with Gasteiger partial charge in [-0.25, -0.2) is 4.79 Å². The van der Waals surface area contributed by atoms with Crippen LogP contribution in [-0.2, 0) is 6.54 Å². The van der Waals surface area contributed by atoms with Crippen LogP contribution in [0.5, 0.6) is 0 Å². The van der Waals surface area contributed by atoms with Gasteiger partial charge in [0.15, 0.2) is 0 Å². The highest BCUT2D eigenvalue weighted by Crippen LogP contribution is 2.28. The van der Waals surface area contributed by atoms with Crippen LogP contribution in [0.15, 0.2) is 54.6 Å². The van der Waals surface area contributed by atoms with Gasteiger partial charge in [-0.05, 0) is 43.2 Å². The molecule has 27 heavy (non-hydrogen) atoms. The number of nitrogens with zero attached hydrogens (tertiary/aromatic N) is 1. The molecule has 0 aliphatic heterocycles. The van der Waals surface area contributed by atoms with E-state index in [4.69, 9.17) is 11.6 Å². The van der Waals surface area contributed by atoms with Crippen LogP contribution in [-0.4, -0.2) is 21.6 Å². The number of carbonyl (C=O) groups is 2. The fraction of sp³-hybridized carbons (Fsp3) is 0.143. The molecule has 1 aromatic heterocycles. The van der Waals surface area contributed by atoms with Gasteiger partial charge in [0, 0.05) is 22.8 Å². The minimum atomic E-state index is -1.08. The lowest BCUT2D eigenvalue weighted by Gasteiger charge is -2.14. The number of anilines is 1. The molecule has 5 nitrogen and oxygen atoms in total. The van der Waals surface area contributed by atoms with Gasteiger partial charge in [-0.3, -0.25) is 4.79 Å². The number of aromatic nitrogens is 1. The van der Waals surface area contributed by atoms with E-state index in [1.54, 1.807) is 31.2 Å². The van der Waals surface area contributed by atoms with Crippen molar-refractivity contribution in [3.05, 3.63) is 87.6 Å². The molecule has 0 radical (unpaired) electrons. The predicted octanol–water partition coefficient (Wildman–Crippen LogP) is 4.76. The number of carboxylic acids is 1. The quantitative estimate of drug-likeness (QED) is 0.668. The number of halogens is 1. The fourth-order valence-corrected chi connectivity index (χ4v) is 3.22. The van der Waals surface area contributed by atoms with E-state index in [0.29, 0.717) is 22.7 Å². The van der Waals surface area contributed by atoms with E-state index in [1.807, 2.05) is 41.8 Å². The summed E-state index contributed by atoms with van der Waals surface area (Å²) in [5.74, 6) is -1.22. The summed E-state index contributed by atoms with van der Waals surface area (Å²) < 4.78 is 1.82. The molecule has 3 rings (SSSR count). The van der Waals surface area contributed by atoms with Crippen molar-refractivity contribution in [3.8, 4) is 0 Å². The number of benzene rings is 2. The van der Waals surface area contributed by atoms with Crippen molar-refractivity contribution in [1.29, 1.82) is 0 Å². The van der Waals surface area contributed by atoms with Gasteiger partial charge in [0.25, 0.3) is 5.91 Å². The van der Waals surface area contributed by atoms with E-state index >= 15 is 0 Å². The summed E-state index contributed by atoms with van der Waals surface area (Å²) in [5.41, 5.74) is 2.88. The maximum absolute atomic E-state index is 12.7. The second-order valence-electron chi connectivity index (χ2n) is 6.28. The molecule has 3 aromatic rings. The third kappa shape index (κ3) is 3.88. The molecule has 2 aromatic carbocycles. The molecule has 0 saturated carbocycles. The Morgan fingerprint density at radius 2 is 1.78 bits per heavy atom. The van der Waals surface area contributed by atoms with Crippen LogP contribution in [0.2, 0.25) is 5.02 Å². The second kappa shape index (κ2) is 7.68. The fourth-order valence-electron chi connectivity index (χ4n) is 3.03. The first-order valence-corrected chi connectivity index (χ1v) is 8.80. The number of hydrogen-bond acceptors (Lipinski definition) is 2. The lowest BCUT2D eigenvalue weighted by atomic mass is 10.1. The number of carboxylic acid groups (broad SMARTS) is 1. The Kier molecular flexibility index (Phi) is 5.33. The summed E-state index contributed by atoms with van der Waals surface area (Å²) in [4.78, 5) is 24.5. The van der Waals surface area contributed by atoms with Crippen LogP contribution in [0.3, 0.4) is 0 Å². The van der Waals surface area contributed by atoms with Crippen LogP contribution in [0.25, 0.3) is 0 Å². The first kappa shape index (κ1) is 18.7. The van der Waals surface area contributed by atoms with E-state index in [2.05, 4.69) is 5.32 Å². The third-order valence-electron chi connectivity index (χ3n) is 4.55. The number of aromatic carboxylic acids is 1. The molecular weight excluding hydrogens is 364 g/mol. The molecule has 0 aliphatic carbocycles. The molecule has 1 heterocycles. The molecule has 138 valence electrons. The highest BCUT2D eigenvalue weighted by atomic mass is 35.5. The molecule has 2 N–H and O–H groups in total. The summed E-state index contributed by atoms with van der Waals surface area (Å²) in [5, 5.41) is 12.9. The molecule has 0 saturated heterocycles. The minimum absolute atomic E-state index is 0.0961. The number of nitrogens with one attached hydrogen (secondary N) is 1. The molecule has 0 spiro atoms. The molecule has 0 bridgehead atoms. The average Bonchev–Trinajstić information content (AvgIpc) is 2.87. The van der Waals surface area contributed by atoms with Crippen LogP contribution < -0.4 is 5.32 Å². The van der Waals surface area contributed by atoms with Gasteiger partial charge < -0.3 is 15.0 Å². The summed E-state index contributed by atoms with van der Waals surface area (Å²) >= 11 is 5.96. The smallest absolute Gasteiger partial charge is 0.339 e. The largest absolute Gasteiger partial charge is 0.478 e. The number of rotatable bonds is 5. The zero-order valence-corrected chi connectivity index (χ0v) is 15.7. The Labute approximate surface area is 162 Å². The van der Waals surface area contributed by atoms with Gasteiger partial charge >= 0.3 is 5.97 Å². The van der Waals surface area contributed by atoms with Gasteiger partial charge in [0.05, 0.1) is 0 Å². The van der Waals surface area contributed by atoms with Crippen LogP contribution in [0.1, 0.15) is 37.5 Å². The third-order valence-corrected chi connectivity index (χ3v) is 4.78. The van der Waals surface area contributed by atoms with Gasteiger partial charge in [0.1, 0.15) is 11.4 Å². The predicted molar refractivity (Wildman–Crippen MR) is 106 cm³/mol. The van der Waals surface area contributed by atoms with Crippen LogP contribution in [0.4, 0.5) is 5.82 Å². The van der Waals surface area contributed by atoms with Gasteiger partial charge in [-0.1, -0.05) is 48.0 Å². The van der Waals surface area contributed by atoms with Crippen molar-refractivity contribution in [2.45, 2.75) is 20.4 Å². The highest BCUT2D eigenvalue weighted by Gasteiger charge is 2.24. The zero-order chi connectivity index (χ0) is 19.6. The van der Waals surface area contributed by atoms with Gasteiger partial charge in [-0.2, -0.15) is 0 Å². The Morgan fingerprint density at radius 3 is 2.41 bits per heavy atom. The topological polar surface area (TPSA) is 71.3 Å². The number of hydrogen-bond donors (Lipinski definition) is 2. The normalized spacial score (nSPS) is 10.6. The van der Waals surface area contributed by atoms with E-state index in [1.165, 1.54) is 0 Å². The monoisotopic (exact) mass is 382 g/mol. The van der Waals surface area contributed by atoms with E-state index in [-0.39, 0.29) is 11.4 Å². The summed E-state index contributed by atoms with van der Waals surface area (Å²) in [7, 11) is 0. The second-order valence-corrected chi connectivity index (χ2v) is 6.71. The van der Waals surface area contributed by atoms with Crippen molar-refractivity contribution < 1.29 is 14.7 Å². The Bertz CT molecular complexity index is 1010. The van der Waals surface area contributed by atoms with Crippen molar-refractivity contribution >= 4 is 29.3 Å². The van der Waals surface area contributed by atoms with E-state index in [0.717, 1.165) is 11.3 Å². The first-order valence-electron chi connectivity index (χ1n) is 8.42. The zero-order valence-electron chi connectivity index (χ0n) is 15.0. The van der Waals surface area contributed by atoms with E-state index in [9.17, 15) is 14.7 Å². The maximum Gasteiger partial charge on any atom is 0.339 e. The van der Waals surface area contributed by atoms with Gasteiger partial charge in [-0.15, -0.1) is 0 Å². The Morgan fingerprint density at radius 1 is 1.07 bits per heavy atom. The molecule has 0 unspecified atom stereocenters. The standard InChI is InChI=1S/C21H19ClN2O3/c1-13-14(2)24(12-15-7-4-3-5-8-15)19(18(13)21(26)27)23-20(25)16-9-6-10-17(22)11-16/h3-11H,12H2,1-2H3,(H,23,25)(H,26,27). The summed E-state index contributed by atoms with van der Waals surface area (Å²) in [6.07, 6.45) is 0. The Hall–Kier alpha value is -3.05. The molecule has 6 heteroatoms. The maximum atomic E-state index is 12.7. The molecular formula is C21H19ClN2O3. The molecule has 0 fully saturated rings. The first-order chi connectivity index (χ1) is 12.9. The Balaban J connectivity index is 2.05. The van der Waals surface area contributed by atoms with Crippen molar-refractivity contribution in [2.24, 2.45) is 0 Å². The van der Waals surface area contributed by atoms with Crippen LogP contribution in [0, 0.1) is 13.8 Å². The lowest BCUT2D eigenvalue weighted by Crippen LogP contribution is -2.18. The molecule has 1 amide bonds. The molecule has 0 aliphatic rings. The average molecular weight is 383 g/mol. The molecule has 0 atom stereocenters. The summed E-state index contributed by atoms with van der Waals surface area (Å²) in [6, 6.07) is 16.2. The van der Waals surface area contributed by atoms with E-state index < -0.39 is 11.9 Å². The van der Waals surface area contributed by atoms with Gasteiger partial charge in [0.2, 0.25) is 0 Å². The highest BCUT2D eigenvalue weighted by molar-refractivity contribution is 6.31.